The zero-order valence-electron chi connectivity index (χ0n) is 25.6. The highest BCUT2D eigenvalue weighted by molar-refractivity contribution is 7.92. The van der Waals surface area contributed by atoms with Gasteiger partial charge in [0.2, 0.25) is 11.8 Å². The van der Waals surface area contributed by atoms with Crippen molar-refractivity contribution in [2.75, 3.05) is 17.4 Å². The number of carbonyl (C=O) groups excluding carboxylic acids is 2. The third-order valence-electron chi connectivity index (χ3n) is 7.45. The van der Waals surface area contributed by atoms with Gasteiger partial charge in [-0.25, -0.2) is 12.8 Å². The molecule has 0 unspecified atom stereocenters. The van der Waals surface area contributed by atoms with Crippen LogP contribution in [-0.4, -0.2) is 44.3 Å². The fourth-order valence-electron chi connectivity index (χ4n) is 4.88. The highest BCUT2D eigenvalue weighted by Crippen LogP contribution is 2.35. The molecule has 0 aliphatic carbocycles. The number of unbranched alkanes of at least 4 members (excludes halogenated alkanes) is 1. The van der Waals surface area contributed by atoms with Crippen LogP contribution in [0.25, 0.3) is 0 Å². The lowest BCUT2D eigenvalue weighted by Gasteiger charge is -2.34. The van der Waals surface area contributed by atoms with Gasteiger partial charge in [0.05, 0.1) is 20.6 Å². The average molecular weight is 685 g/mol. The second-order valence-electron chi connectivity index (χ2n) is 10.9. The Morgan fingerprint density at radius 1 is 0.870 bits per heavy atom. The number of amides is 2. The molecule has 4 aromatic rings. The second kappa shape index (κ2) is 16.1. The standard InChI is InChI=1S/C35H36Cl2FN3O4S/c1-3-4-21-39-35(43)32(22-26-9-6-5-7-10-26)40(23-27-15-17-28(38)18-16-27)33(42)24-41(31-12-8-11-30(36)34(31)37)46(44,45)29-19-13-25(2)14-20-29/h5-20,32H,3-4,21-24H2,1-2H3,(H,39,43)/t32-/m0/s1. The van der Waals surface area contributed by atoms with E-state index in [4.69, 9.17) is 23.2 Å². The lowest BCUT2D eigenvalue weighted by molar-refractivity contribution is -0.140. The van der Waals surface area contributed by atoms with Crippen molar-refractivity contribution < 1.29 is 22.4 Å². The first-order valence-corrected chi connectivity index (χ1v) is 17.1. The van der Waals surface area contributed by atoms with Gasteiger partial charge in [-0.05, 0) is 60.9 Å². The smallest absolute Gasteiger partial charge is 0.264 e. The summed E-state index contributed by atoms with van der Waals surface area (Å²) in [6.07, 6.45) is 1.76. The molecule has 0 spiro atoms. The van der Waals surface area contributed by atoms with Crippen molar-refractivity contribution in [1.29, 1.82) is 0 Å². The maximum Gasteiger partial charge on any atom is 0.264 e. The Hall–Kier alpha value is -3.92. The van der Waals surface area contributed by atoms with Gasteiger partial charge in [0.15, 0.2) is 0 Å². The first-order valence-electron chi connectivity index (χ1n) is 14.9. The van der Waals surface area contributed by atoms with Gasteiger partial charge in [-0.2, -0.15) is 0 Å². The van der Waals surface area contributed by atoms with E-state index in [1.54, 1.807) is 18.2 Å². The van der Waals surface area contributed by atoms with Crippen LogP contribution < -0.4 is 9.62 Å². The molecule has 0 aromatic heterocycles. The molecule has 0 fully saturated rings. The normalized spacial score (nSPS) is 11.9. The Kier molecular flexibility index (Phi) is 12.2. The topological polar surface area (TPSA) is 86.8 Å². The van der Waals surface area contributed by atoms with Gasteiger partial charge in [0.1, 0.15) is 18.4 Å². The fourth-order valence-corrected chi connectivity index (χ4v) is 6.76. The lowest BCUT2D eigenvalue weighted by Crippen LogP contribution is -2.53. The van der Waals surface area contributed by atoms with E-state index >= 15 is 0 Å². The number of hydrogen-bond acceptors (Lipinski definition) is 4. The number of nitrogens with zero attached hydrogens (tertiary/aromatic N) is 2. The summed E-state index contributed by atoms with van der Waals surface area (Å²) < 4.78 is 43.1. The Morgan fingerprint density at radius 3 is 2.20 bits per heavy atom. The van der Waals surface area contributed by atoms with Crippen molar-refractivity contribution in [3.8, 4) is 0 Å². The molecule has 11 heteroatoms. The van der Waals surface area contributed by atoms with Crippen LogP contribution in [0.2, 0.25) is 10.0 Å². The molecule has 0 heterocycles. The summed E-state index contributed by atoms with van der Waals surface area (Å²) in [6, 6.07) is 24.6. The van der Waals surface area contributed by atoms with Gasteiger partial charge < -0.3 is 10.2 Å². The molecule has 1 atom stereocenters. The number of anilines is 1. The monoisotopic (exact) mass is 683 g/mol. The summed E-state index contributed by atoms with van der Waals surface area (Å²) in [5, 5.41) is 3.00. The predicted molar refractivity (Wildman–Crippen MR) is 181 cm³/mol. The number of benzene rings is 4. The van der Waals surface area contributed by atoms with Gasteiger partial charge in [0.25, 0.3) is 10.0 Å². The number of sulfonamides is 1. The molecule has 4 rings (SSSR count). The maximum absolute atomic E-state index is 14.5. The van der Waals surface area contributed by atoms with Crippen LogP contribution in [0.5, 0.6) is 0 Å². The molecule has 0 bridgehead atoms. The number of carbonyl (C=O) groups is 2. The Labute approximate surface area is 280 Å². The van der Waals surface area contributed by atoms with Gasteiger partial charge in [-0.3, -0.25) is 13.9 Å². The summed E-state index contributed by atoms with van der Waals surface area (Å²) in [5.74, 6) is -1.50. The van der Waals surface area contributed by atoms with Crippen LogP contribution in [0.3, 0.4) is 0 Å². The van der Waals surface area contributed by atoms with Gasteiger partial charge in [-0.15, -0.1) is 0 Å². The van der Waals surface area contributed by atoms with Crippen LogP contribution in [0.15, 0.2) is 102 Å². The predicted octanol–water partition coefficient (Wildman–Crippen LogP) is 7.19. The molecule has 242 valence electrons. The van der Waals surface area contributed by atoms with Crippen molar-refractivity contribution in [2.45, 2.75) is 50.6 Å². The molecule has 1 N–H and O–H groups in total. The zero-order valence-corrected chi connectivity index (χ0v) is 28.0. The first kappa shape index (κ1) is 34.9. The first-order chi connectivity index (χ1) is 22.0. The van der Waals surface area contributed by atoms with E-state index in [0.717, 1.165) is 28.3 Å². The van der Waals surface area contributed by atoms with E-state index in [0.29, 0.717) is 12.1 Å². The minimum absolute atomic E-state index is 0.0110. The number of aryl methyl sites for hydroxylation is 1. The number of hydrogen-bond donors (Lipinski definition) is 1. The van der Waals surface area contributed by atoms with E-state index in [1.807, 2.05) is 44.2 Å². The Bertz CT molecular complexity index is 1740. The van der Waals surface area contributed by atoms with Crippen molar-refractivity contribution in [2.24, 2.45) is 0 Å². The Balaban J connectivity index is 1.81. The van der Waals surface area contributed by atoms with E-state index in [2.05, 4.69) is 5.32 Å². The van der Waals surface area contributed by atoms with E-state index < -0.39 is 34.3 Å². The third-order valence-corrected chi connectivity index (χ3v) is 10.0. The van der Waals surface area contributed by atoms with E-state index in [9.17, 15) is 22.4 Å². The van der Waals surface area contributed by atoms with Crippen molar-refractivity contribution in [3.05, 3.63) is 130 Å². The van der Waals surface area contributed by atoms with Crippen LogP contribution >= 0.6 is 23.2 Å². The minimum atomic E-state index is -4.35. The highest BCUT2D eigenvalue weighted by Gasteiger charge is 2.35. The number of halogens is 3. The lowest BCUT2D eigenvalue weighted by atomic mass is 10.0. The van der Waals surface area contributed by atoms with Crippen LogP contribution in [0, 0.1) is 12.7 Å². The fraction of sp³-hybridized carbons (Fsp3) is 0.257. The quantitative estimate of drug-likeness (QED) is 0.143. The average Bonchev–Trinajstić information content (AvgIpc) is 3.04. The minimum Gasteiger partial charge on any atom is -0.354 e. The molecule has 0 radical (unpaired) electrons. The van der Waals surface area contributed by atoms with Crippen molar-refractivity contribution in [3.63, 3.8) is 0 Å². The van der Waals surface area contributed by atoms with Crippen LogP contribution in [0.1, 0.15) is 36.5 Å². The number of nitrogens with one attached hydrogen (secondary N) is 1. The maximum atomic E-state index is 14.5. The molecule has 0 aliphatic heterocycles. The molecule has 46 heavy (non-hydrogen) atoms. The van der Waals surface area contributed by atoms with Gasteiger partial charge in [0, 0.05) is 19.5 Å². The third kappa shape index (κ3) is 8.87. The Morgan fingerprint density at radius 2 is 1.54 bits per heavy atom. The largest absolute Gasteiger partial charge is 0.354 e. The molecule has 0 saturated heterocycles. The van der Waals surface area contributed by atoms with E-state index in [1.165, 1.54) is 53.4 Å². The van der Waals surface area contributed by atoms with Crippen LogP contribution in [-0.2, 0) is 32.6 Å². The highest BCUT2D eigenvalue weighted by atomic mass is 35.5. The van der Waals surface area contributed by atoms with E-state index in [-0.39, 0.29) is 39.5 Å². The SMILES string of the molecule is CCCCNC(=O)[C@H](Cc1ccccc1)N(Cc1ccc(F)cc1)C(=O)CN(c1cccc(Cl)c1Cl)S(=O)(=O)c1ccc(C)cc1. The molecular formula is C35H36Cl2FN3O4S. The summed E-state index contributed by atoms with van der Waals surface area (Å²) in [4.78, 5) is 29.6. The molecule has 7 nitrogen and oxygen atoms in total. The molecule has 4 aromatic carbocycles. The summed E-state index contributed by atoms with van der Waals surface area (Å²) >= 11 is 12.8. The van der Waals surface area contributed by atoms with Gasteiger partial charge >= 0.3 is 0 Å². The van der Waals surface area contributed by atoms with Crippen LogP contribution in [0.4, 0.5) is 10.1 Å². The molecule has 0 saturated carbocycles. The summed E-state index contributed by atoms with van der Waals surface area (Å²) in [6.45, 7) is 3.47. The van der Waals surface area contributed by atoms with Gasteiger partial charge in [-0.1, -0.05) is 103 Å². The summed E-state index contributed by atoms with van der Waals surface area (Å²) in [7, 11) is -4.35. The zero-order chi connectivity index (χ0) is 33.3. The summed E-state index contributed by atoms with van der Waals surface area (Å²) in [5.41, 5.74) is 2.22. The van der Waals surface area contributed by atoms with Crippen molar-refractivity contribution >= 4 is 50.7 Å². The number of rotatable bonds is 14. The van der Waals surface area contributed by atoms with Crippen molar-refractivity contribution in [1.82, 2.24) is 10.2 Å². The molecule has 2 amide bonds. The second-order valence-corrected chi connectivity index (χ2v) is 13.5. The molecule has 0 aliphatic rings. The molecular weight excluding hydrogens is 648 g/mol.